The van der Waals surface area contributed by atoms with Crippen molar-refractivity contribution >= 4 is 33.9 Å². The van der Waals surface area contributed by atoms with Crippen LogP contribution in [0.2, 0.25) is 0 Å². The lowest BCUT2D eigenvalue weighted by Crippen LogP contribution is -2.16. The van der Waals surface area contributed by atoms with Gasteiger partial charge in [0, 0.05) is 16.4 Å². The Bertz CT molecular complexity index is 990. The summed E-state index contributed by atoms with van der Waals surface area (Å²) >= 11 is 1.39. The largest absolute Gasteiger partial charge is 0.305 e. The molecule has 1 amide bonds. The second-order valence-electron chi connectivity index (χ2n) is 6.14. The Morgan fingerprint density at radius 1 is 1.28 bits per heavy atom. The second kappa shape index (κ2) is 6.24. The minimum Gasteiger partial charge on any atom is -0.305 e. The van der Waals surface area contributed by atoms with Crippen LogP contribution < -0.4 is 5.32 Å². The summed E-state index contributed by atoms with van der Waals surface area (Å²) in [5, 5.41) is 9.51. The number of nitrogens with one attached hydrogen (secondary N) is 1. The van der Waals surface area contributed by atoms with Gasteiger partial charge < -0.3 is 5.32 Å². The van der Waals surface area contributed by atoms with Crippen molar-refractivity contribution in [3.8, 4) is 5.69 Å². The van der Waals surface area contributed by atoms with Crippen molar-refractivity contribution in [3.05, 3.63) is 63.0 Å². The molecule has 0 spiro atoms. The molecule has 1 N–H and O–H groups in total. The molecule has 1 aliphatic rings. The molecule has 3 heterocycles. The minimum atomic E-state index is -0.948. The summed E-state index contributed by atoms with van der Waals surface area (Å²) in [5.74, 6) is 1.34. The predicted molar refractivity (Wildman–Crippen MR) is 101 cm³/mol. The number of hydrogen-bond acceptors (Lipinski definition) is 4. The van der Waals surface area contributed by atoms with Crippen molar-refractivity contribution in [3.63, 3.8) is 0 Å². The maximum Gasteiger partial charge on any atom is 0.266 e. The first-order valence-electron chi connectivity index (χ1n) is 7.91. The smallest absolute Gasteiger partial charge is 0.266 e. The lowest BCUT2D eigenvalue weighted by atomic mass is 10.1. The van der Waals surface area contributed by atoms with Gasteiger partial charge in [-0.15, -0.1) is 11.3 Å². The summed E-state index contributed by atoms with van der Waals surface area (Å²) in [4.78, 5) is 13.2. The zero-order valence-electron chi connectivity index (χ0n) is 13.9. The molecule has 1 atom stereocenters. The summed E-state index contributed by atoms with van der Waals surface area (Å²) in [7, 11) is -0.948. The first kappa shape index (κ1) is 16.2. The molecule has 0 saturated heterocycles. The van der Waals surface area contributed by atoms with Crippen LogP contribution in [0.3, 0.4) is 0 Å². The molecule has 0 fully saturated rings. The molecule has 1 aromatic carbocycles. The number of hydrogen-bond donors (Lipinski definition) is 1. The summed E-state index contributed by atoms with van der Waals surface area (Å²) in [5.41, 5.74) is 4.86. The van der Waals surface area contributed by atoms with E-state index in [0.717, 1.165) is 22.5 Å². The minimum absolute atomic E-state index is 0.165. The van der Waals surface area contributed by atoms with Gasteiger partial charge in [0.2, 0.25) is 0 Å². The van der Waals surface area contributed by atoms with E-state index >= 15 is 0 Å². The van der Waals surface area contributed by atoms with Crippen LogP contribution in [-0.4, -0.2) is 19.9 Å². The van der Waals surface area contributed by atoms with Gasteiger partial charge in [-0.25, -0.2) is 4.68 Å². The van der Waals surface area contributed by atoms with Crippen LogP contribution in [0.1, 0.15) is 32.1 Å². The van der Waals surface area contributed by atoms with Gasteiger partial charge in [-0.1, -0.05) is 23.8 Å². The van der Waals surface area contributed by atoms with Gasteiger partial charge in [0.15, 0.2) is 0 Å². The number of carbonyl (C=O) groups excluding carboxylic acids is 1. The molecule has 0 aliphatic carbocycles. The third-order valence-electron chi connectivity index (χ3n) is 4.23. The summed E-state index contributed by atoms with van der Waals surface area (Å²) < 4.78 is 13.7. The van der Waals surface area contributed by atoms with E-state index in [4.69, 9.17) is 0 Å². The van der Waals surface area contributed by atoms with E-state index in [0.29, 0.717) is 22.2 Å². The molecule has 5 nitrogen and oxygen atoms in total. The second-order valence-corrected chi connectivity index (χ2v) is 8.54. The quantitative estimate of drug-likeness (QED) is 0.766. The van der Waals surface area contributed by atoms with E-state index in [1.54, 1.807) is 10.7 Å². The van der Waals surface area contributed by atoms with E-state index in [1.165, 1.54) is 16.9 Å². The summed E-state index contributed by atoms with van der Waals surface area (Å²) in [6.45, 7) is 4.07. The maximum atomic E-state index is 12.6. The Hall–Kier alpha value is -2.25. The number of thiophene rings is 1. The van der Waals surface area contributed by atoms with Crippen LogP contribution >= 0.6 is 11.3 Å². The Morgan fingerprint density at radius 2 is 2.12 bits per heavy atom. The van der Waals surface area contributed by atoms with Gasteiger partial charge in [-0.05, 0) is 36.9 Å². The Morgan fingerprint density at radius 3 is 2.84 bits per heavy atom. The lowest BCUT2D eigenvalue weighted by Gasteiger charge is -2.13. The van der Waals surface area contributed by atoms with Crippen LogP contribution in [0.25, 0.3) is 5.69 Å². The first-order chi connectivity index (χ1) is 12.0. The average molecular weight is 371 g/mol. The topological polar surface area (TPSA) is 64.0 Å². The number of carbonyl (C=O) groups is 1. The molecule has 4 rings (SSSR count). The highest BCUT2D eigenvalue weighted by molar-refractivity contribution is 7.83. The highest BCUT2D eigenvalue weighted by Crippen LogP contribution is 2.32. The standard InChI is InChI=1S/C18H17N3O2S2/c1-11-5-6-15(12(2)8-11)21-17(13-9-25(23)10-14(13)20-21)19-18(22)16-4-3-7-24-16/h3-8H,9-10H2,1-2H3,(H,19,22). The lowest BCUT2D eigenvalue weighted by molar-refractivity contribution is 0.102. The molecule has 25 heavy (non-hydrogen) atoms. The Kier molecular flexibility index (Phi) is 4.05. The molecular formula is C18H17N3O2S2. The molecule has 1 aliphatic heterocycles. The fourth-order valence-corrected chi connectivity index (χ4v) is 4.93. The third kappa shape index (κ3) is 2.94. The highest BCUT2D eigenvalue weighted by atomic mass is 32.2. The Balaban J connectivity index is 1.81. The number of aryl methyl sites for hydroxylation is 2. The molecule has 3 aromatic rings. The number of nitrogens with zero attached hydrogens (tertiary/aromatic N) is 2. The van der Waals surface area contributed by atoms with Crippen molar-refractivity contribution in [1.82, 2.24) is 9.78 Å². The van der Waals surface area contributed by atoms with E-state index in [9.17, 15) is 9.00 Å². The zero-order valence-corrected chi connectivity index (χ0v) is 15.5. The van der Waals surface area contributed by atoms with E-state index in [-0.39, 0.29) is 5.91 Å². The van der Waals surface area contributed by atoms with Gasteiger partial charge >= 0.3 is 0 Å². The van der Waals surface area contributed by atoms with Crippen LogP contribution in [0.4, 0.5) is 5.82 Å². The SMILES string of the molecule is Cc1ccc(-n2nc3c(c2NC(=O)c2cccs2)CS(=O)C3)c(C)c1. The number of rotatable bonds is 3. The fourth-order valence-electron chi connectivity index (χ4n) is 3.05. The number of amides is 1. The molecule has 0 saturated carbocycles. The van der Waals surface area contributed by atoms with Gasteiger partial charge in [0.1, 0.15) is 5.82 Å². The van der Waals surface area contributed by atoms with Crippen molar-refractivity contribution < 1.29 is 9.00 Å². The van der Waals surface area contributed by atoms with Crippen LogP contribution in [0, 0.1) is 13.8 Å². The molecule has 2 aromatic heterocycles. The van der Waals surface area contributed by atoms with Crippen LogP contribution in [0.15, 0.2) is 35.7 Å². The van der Waals surface area contributed by atoms with Gasteiger partial charge in [-0.2, -0.15) is 5.10 Å². The van der Waals surface area contributed by atoms with Gasteiger partial charge in [0.05, 0.1) is 27.8 Å². The van der Waals surface area contributed by atoms with E-state index in [2.05, 4.69) is 16.5 Å². The van der Waals surface area contributed by atoms with Crippen molar-refractivity contribution in [2.75, 3.05) is 5.32 Å². The first-order valence-corrected chi connectivity index (χ1v) is 10.3. The fraction of sp³-hybridized carbons (Fsp3) is 0.222. The van der Waals surface area contributed by atoms with Gasteiger partial charge in [-0.3, -0.25) is 9.00 Å². The molecule has 1 unspecified atom stereocenters. The van der Waals surface area contributed by atoms with E-state index < -0.39 is 10.8 Å². The van der Waals surface area contributed by atoms with Gasteiger partial charge in [0.25, 0.3) is 5.91 Å². The summed E-state index contributed by atoms with van der Waals surface area (Å²) in [6, 6.07) is 9.75. The third-order valence-corrected chi connectivity index (χ3v) is 6.30. The molecular weight excluding hydrogens is 354 g/mol. The number of aromatic nitrogens is 2. The van der Waals surface area contributed by atoms with Crippen LogP contribution in [-0.2, 0) is 22.3 Å². The predicted octanol–water partition coefficient (Wildman–Crippen LogP) is 3.57. The average Bonchev–Trinajstić information content (AvgIpc) is 3.25. The summed E-state index contributed by atoms with van der Waals surface area (Å²) in [6.07, 6.45) is 0. The molecule has 128 valence electrons. The Labute approximate surface area is 152 Å². The van der Waals surface area contributed by atoms with E-state index in [1.807, 2.05) is 37.4 Å². The molecule has 0 bridgehead atoms. The molecule has 7 heteroatoms. The molecule has 0 radical (unpaired) electrons. The zero-order chi connectivity index (χ0) is 17.6. The van der Waals surface area contributed by atoms with Crippen molar-refractivity contribution in [2.45, 2.75) is 25.4 Å². The van der Waals surface area contributed by atoms with Crippen molar-refractivity contribution in [1.29, 1.82) is 0 Å². The highest BCUT2D eigenvalue weighted by Gasteiger charge is 2.29. The number of fused-ring (bicyclic) bond motifs is 1. The van der Waals surface area contributed by atoms with Crippen LogP contribution in [0.5, 0.6) is 0 Å². The number of anilines is 1. The monoisotopic (exact) mass is 371 g/mol. The maximum absolute atomic E-state index is 12.6. The normalized spacial score (nSPS) is 16.0. The van der Waals surface area contributed by atoms with Crippen molar-refractivity contribution in [2.24, 2.45) is 0 Å². The number of benzene rings is 1.